The number of imidazole rings is 2. The number of fused-ring (bicyclic) bond motifs is 1. The highest BCUT2D eigenvalue weighted by Gasteiger charge is 2.27. The lowest BCUT2D eigenvalue weighted by Gasteiger charge is -2.36. The van der Waals surface area contributed by atoms with Crippen LogP contribution in [0.2, 0.25) is 0 Å². The van der Waals surface area contributed by atoms with E-state index >= 15 is 0 Å². The van der Waals surface area contributed by atoms with Crippen molar-refractivity contribution in [3.8, 4) is 0 Å². The fourth-order valence-corrected chi connectivity index (χ4v) is 3.71. The lowest BCUT2D eigenvalue weighted by atomic mass is 9.98. The van der Waals surface area contributed by atoms with E-state index in [4.69, 9.17) is 0 Å². The van der Waals surface area contributed by atoms with Crippen LogP contribution in [0.3, 0.4) is 0 Å². The van der Waals surface area contributed by atoms with Crippen molar-refractivity contribution in [3.63, 3.8) is 0 Å². The summed E-state index contributed by atoms with van der Waals surface area (Å²) in [5, 5.41) is 0. The van der Waals surface area contributed by atoms with E-state index in [1.165, 1.54) is 6.42 Å². The molecule has 0 bridgehead atoms. The van der Waals surface area contributed by atoms with Gasteiger partial charge in [0.15, 0.2) is 0 Å². The Hall–Kier alpha value is -2.63. The molecule has 3 aromatic heterocycles. The van der Waals surface area contributed by atoms with Gasteiger partial charge in [0.05, 0.1) is 5.56 Å². The number of carbonyl (C=O) groups excluding carboxylic acids is 1. The summed E-state index contributed by atoms with van der Waals surface area (Å²) in [6.07, 6.45) is 13.7. The summed E-state index contributed by atoms with van der Waals surface area (Å²) in [5.74, 6) is 1.15. The van der Waals surface area contributed by atoms with Gasteiger partial charge in [-0.3, -0.25) is 4.79 Å². The van der Waals surface area contributed by atoms with Gasteiger partial charge >= 0.3 is 0 Å². The Balaban J connectivity index is 1.51. The van der Waals surface area contributed by atoms with Crippen LogP contribution in [0.15, 0.2) is 43.1 Å². The third kappa shape index (κ3) is 3.16. The lowest BCUT2D eigenvalue weighted by Crippen LogP contribution is -2.44. The molecule has 0 saturated carbocycles. The van der Waals surface area contributed by atoms with E-state index in [9.17, 15) is 4.79 Å². The minimum absolute atomic E-state index is 0.127. The fourth-order valence-electron chi connectivity index (χ4n) is 3.71. The number of hydrogen-bond donors (Lipinski definition) is 0. The van der Waals surface area contributed by atoms with Crippen LogP contribution >= 0.6 is 0 Å². The van der Waals surface area contributed by atoms with E-state index in [0.29, 0.717) is 6.04 Å². The molecule has 0 radical (unpaired) electrons. The molecule has 0 aromatic carbocycles. The molecule has 3 aromatic rings. The van der Waals surface area contributed by atoms with Gasteiger partial charge in [0.25, 0.3) is 5.91 Å². The number of nitrogens with zero attached hydrogens (tertiary/aromatic N) is 5. The zero-order valence-corrected chi connectivity index (χ0v) is 14.5. The maximum atomic E-state index is 13.1. The number of amides is 1. The maximum Gasteiger partial charge on any atom is 0.255 e. The second kappa shape index (κ2) is 6.70. The number of carbonyl (C=O) groups is 1. The van der Waals surface area contributed by atoms with Crippen LogP contribution in [-0.2, 0) is 6.54 Å². The van der Waals surface area contributed by atoms with Crippen LogP contribution in [0, 0.1) is 6.92 Å². The van der Waals surface area contributed by atoms with E-state index in [2.05, 4.69) is 19.4 Å². The van der Waals surface area contributed by atoms with E-state index in [1.807, 2.05) is 48.2 Å². The zero-order valence-electron chi connectivity index (χ0n) is 14.5. The van der Waals surface area contributed by atoms with Gasteiger partial charge in [0, 0.05) is 50.1 Å². The van der Waals surface area contributed by atoms with Crippen molar-refractivity contribution in [2.24, 2.45) is 0 Å². The van der Waals surface area contributed by atoms with Crippen LogP contribution in [0.25, 0.3) is 5.65 Å². The molecule has 1 fully saturated rings. The normalized spacial score (nSPS) is 18.0. The molecular weight excluding hydrogens is 314 g/mol. The molecule has 25 heavy (non-hydrogen) atoms. The molecule has 4 rings (SSSR count). The third-order valence-corrected chi connectivity index (χ3v) is 5.15. The Bertz CT molecular complexity index is 881. The van der Waals surface area contributed by atoms with E-state index in [0.717, 1.165) is 49.4 Å². The van der Waals surface area contributed by atoms with Gasteiger partial charge in [-0.05, 0) is 44.7 Å². The first-order valence-electron chi connectivity index (χ1n) is 8.94. The van der Waals surface area contributed by atoms with Crippen LogP contribution in [0.1, 0.15) is 41.9 Å². The lowest BCUT2D eigenvalue weighted by molar-refractivity contribution is 0.0594. The van der Waals surface area contributed by atoms with Crippen molar-refractivity contribution >= 4 is 11.6 Å². The highest BCUT2D eigenvalue weighted by Crippen LogP contribution is 2.23. The topological polar surface area (TPSA) is 55.4 Å². The average molecular weight is 337 g/mol. The summed E-state index contributed by atoms with van der Waals surface area (Å²) in [7, 11) is 0. The van der Waals surface area contributed by atoms with Gasteiger partial charge in [-0.1, -0.05) is 0 Å². The van der Waals surface area contributed by atoms with Crippen molar-refractivity contribution in [3.05, 3.63) is 54.5 Å². The first kappa shape index (κ1) is 15.9. The number of aryl methyl sites for hydroxylation is 2. The second-order valence-corrected chi connectivity index (χ2v) is 6.72. The molecule has 6 heteroatoms. The SMILES string of the molecule is Cc1nccn1CC[C@H]1CCCCN1C(=O)c1ccc2nccn2c1. The van der Waals surface area contributed by atoms with Gasteiger partial charge in [-0.15, -0.1) is 0 Å². The van der Waals surface area contributed by atoms with E-state index in [1.54, 1.807) is 6.20 Å². The number of aromatic nitrogens is 4. The van der Waals surface area contributed by atoms with Gasteiger partial charge in [0.1, 0.15) is 11.5 Å². The molecule has 1 saturated heterocycles. The Morgan fingerprint density at radius 1 is 1.20 bits per heavy atom. The van der Waals surface area contributed by atoms with Crippen molar-refractivity contribution in [1.29, 1.82) is 0 Å². The van der Waals surface area contributed by atoms with Crippen molar-refractivity contribution in [2.45, 2.75) is 45.2 Å². The standard InChI is InChI=1S/C19H23N5O/c1-15-20-8-12-22(15)11-7-17-4-2-3-10-24(17)19(25)16-5-6-18-21-9-13-23(18)14-16/h5-6,8-9,12-14,17H,2-4,7,10-11H2,1H3/t17-/m1/s1. The summed E-state index contributed by atoms with van der Waals surface area (Å²) in [4.78, 5) is 23.7. The van der Waals surface area contributed by atoms with Gasteiger partial charge in [0.2, 0.25) is 0 Å². The summed E-state index contributed by atoms with van der Waals surface area (Å²) in [5.41, 5.74) is 1.60. The van der Waals surface area contributed by atoms with Gasteiger partial charge in [-0.25, -0.2) is 9.97 Å². The quantitative estimate of drug-likeness (QED) is 0.735. The molecule has 0 aliphatic carbocycles. The van der Waals surface area contributed by atoms with Gasteiger partial charge < -0.3 is 13.9 Å². The van der Waals surface area contributed by atoms with Crippen molar-refractivity contribution in [1.82, 2.24) is 23.8 Å². The Kier molecular flexibility index (Phi) is 4.26. The highest BCUT2D eigenvalue weighted by molar-refractivity contribution is 5.94. The van der Waals surface area contributed by atoms with Crippen LogP contribution in [0.5, 0.6) is 0 Å². The Morgan fingerprint density at radius 2 is 2.08 bits per heavy atom. The number of hydrogen-bond acceptors (Lipinski definition) is 3. The Morgan fingerprint density at radius 3 is 2.92 bits per heavy atom. The summed E-state index contributed by atoms with van der Waals surface area (Å²) < 4.78 is 4.07. The minimum Gasteiger partial charge on any atom is -0.336 e. The van der Waals surface area contributed by atoms with Crippen molar-refractivity contribution in [2.75, 3.05) is 6.54 Å². The summed E-state index contributed by atoms with van der Waals surface area (Å²) in [6, 6.07) is 4.08. The van der Waals surface area contributed by atoms with Gasteiger partial charge in [-0.2, -0.15) is 0 Å². The largest absolute Gasteiger partial charge is 0.336 e. The number of pyridine rings is 1. The average Bonchev–Trinajstić information content (AvgIpc) is 3.27. The molecule has 0 N–H and O–H groups in total. The summed E-state index contributed by atoms with van der Waals surface area (Å²) >= 11 is 0. The van der Waals surface area contributed by atoms with Crippen molar-refractivity contribution < 1.29 is 4.79 Å². The smallest absolute Gasteiger partial charge is 0.255 e. The van der Waals surface area contributed by atoms with Crippen LogP contribution in [-0.4, -0.2) is 42.3 Å². The predicted molar refractivity (Wildman–Crippen MR) is 95.4 cm³/mol. The first-order chi connectivity index (χ1) is 12.2. The molecular formula is C19H23N5O. The van der Waals surface area contributed by atoms with E-state index in [-0.39, 0.29) is 5.91 Å². The fraction of sp³-hybridized carbons (Fsp3) is 0.421. The molecule has 6 nitrogen and oxygen atoms in total. The maximum absolute atomic E-state index is 13.1. The second-order valence-electron chi connectivity index (χ2n) is 6.72. The zero-order chi connectivity index (χ0) is 17.2. The molecule has 4 heterocycles. The molecule has 1 aliphatic rings. The monoisotopic (exact) mass is 337 g/mol. The number of likely N-dealkylation sites (tertiary alicyclic amines) is 1. The number of rotatable bonds is 4. The van der Waals surface area contributed by atoms with Crippen LogP contribution in [0.4, 0.5) is 0 Å². The molecule has 1 atom stereocenters. The Labute approximate surface area is 147 Å². The first-order valence-corrected chi connectivity index (χ1v) is 8.94. The van der Waals surface area contributed by atoms with Crippen LogP contribution < -0.4 is 0 Å². The molecule has 0 spiro atoms. The minimum atomic E-state index is 0.127. The molecule has 0 unspecified atom stereocenters. The summed E-state index contributed by atoms with van der Waals surface area (Å²) in [6.45, 7) is 3.76. The molecule has 130 valence electrons. The number of piperidine rings is 1. The molecule has 1 amide bonds. The van der Waals surface area contributed by atoms with E-state index < -0.39 is 0 Å². The third-order valence-electron chi connectivity index (χ3n) is 5.15. The molecule has 1 aliphatic heterocycles. The highest BCUT2D eigenvalue weighted by atomic mass is 16.2. The predicted octanol–water partition coefficient (Wildman–Crippen LogP) is 2.92.